The van der Waals surface area contributed by atoms with Crippen LogP contribution >= 0.6 is 11.6 Å². The molecular formula is C10H10ClFN4O2S. The molecule has 0 aliphatic rings. The largest absolute Gasteiger partial charge is 0.326 e. The van der Waals surface area contributed by atoms with E-state index in [-0.39, 0.29) is 22.3 Å². The number of anilines is 1. The van der Waals surface area contributed by atoms with Gasteiger partial charge in [0.05, 0.1) is 11.2 Å². The molecule has 0 aliphatic heterocycles. The molecule has 0 amide bonds. The first-order valence-electron chi connectivity index (χ1n) is 5.15. The molecule has 0 aliphatic carbocycles. The maximum atomic E-state index is 13.5. The maximum absolute atomic E-state index is 13.5. The highest BCUT2D eigenvalue weighted by molar-refractivity contribution is 7.92. The molecule has 2 aromatic rings. The van der Waals surface area contributed by atoms with Crippen molar-refractivity contribution in [3.8, 4) is 0 Å². The Morgan fingerprint density at radius 1 is 1.47 bits per heavy atom. The van der Waals surface area contributed by atoms with E-state index in [0.717, 1.165) is 6.07 Å². The molecule has 0 bridgehead atoms. The Balaban J connectivity index is 2.43. The van der Waals surface area contributed by atoms with Crippen molar-refractivity contribution in [1.82, 2.24) is 10.2 Å². The SMILES string of the molecule is NCc1cn[nH]c1S(=O)(=O)Nc1c(F)cccc1Cl. The molecular weight excluding hydrogens is 295 g/mol. The minimum atomic E-state index is -4.03. The zero-order valence-corrected chi connectivity index (χ0v) is 11.1. The van der Waals surface area contributed by atoms with E-state index in [1.807, 2.05) is 0 Å². The van der Waals surface area contributed by atoms with Gasteiger partial charge in [0.1, 0.15) is 11.5 Å². The Bertz CT molecular complexity index is 681. The summed E-state index contributed by atoms with van der Waals surface area (Å²) in [5.41, 5.74) is 5.37. The number of rotatable bonds is 4. The van der Waals surface area contributed by atoms with Crippen LogP contribution in [0.5, 0.6) is 0 Å². The van der Waals surface area contributed by atoms with Gasteiger partial charge in [0.2, 0.25) is 0 Å². The predicted octanol–water partition coefficient (Wildman–Crippen LogP) is 1.46. The lowest BCUT2D eigenvalue weighted by molar-refractivity contribution is 0.593. The number of sulfonamides is 1. The number of hydrogen-bond acceptors (Lipinski definition) is 4. The average Bonchev–Trinajstić information content (AvgIpc) is 2.83. The van der Waals surface area contributed by atoms with Crippen LogP contribution in [0.2, 0.25) is 5.02 Å². The third-order valence-corrected chi connectivity index (χ3v) is 4.04. The van der Waals surface area contributed by atoms with Crippen LogP contribution in [0, 0.1) is 5.82 Å². The summed E-state index contributed by atoms with van der Waals surface area (Å²) in [4.78, 5) is 0. The van der Waals surface area contributed by atoms with Crippen LogP contribution < -0.4 is 10.5 Å². The van der Waals surface area contributed by atoms with E-state index in [1.54, 1.807) is 0 Å². The number of hydrogen-bond donors (Lipinski definition) is 3. The van der Waals surface area contributed by atoms with Crippen molar-refractivity contribution in [1.29, 1.82) is 0 Å². The highest BCUT2D eigenvalue weighted by atomic mass is 35.5. The number of benzene rings is 1. The van der Waals surface area contributed by atoms with Gasteiger partial charge < -0.3 is 5.73 Å². The van der Waals surface area contributed by atoms with Crippen molar-refractivity contribution in [2.45, 2.75) is 11.6 Å². The molecule has 0 saturated heterocycles. The maximum Gasteiger partial charge on any atom is 0.279 e. The minimum absolute atomic E-state index is 0.0161. The van der Waals surface area contributed by atoms with Crippen molar-refractivity contribution in [2.24, 2.45) is 5.73 Å². The van der Waals surface area contributed by atoms with Crippen molar-refractivity contribution in [2.75, 3.05) is 4.72 Å². The smallest absolute Gasteiger partial charge is 0.279 e. The summed E-state index contributed by atoms with van der Waals surface area (Å²) in [7, 11) is -4.03. The zero-order valence-electron chi connectivity index (χ0n) is 9.52. The molecule has 2 rings (SSSR count). The van der Waals surface area contributed by atoms with E-state index < -0.39 is 15.8 Å². The topological polar surface area (TPSA) is 101 Å². The predicted molar refractivity (Wildman–Crippen MR) is 68.7 cm³/mol. The molecule has 9 heteroatoms. The van der Waals surface area contributed by atoms with Crippen molar-refractivity contribution >= 4 is 27.3 Å². The third kappa shape index (κ3) is 2.70. The van der Waals surface area contributed by atoms with Gasteiger partial charge in [-0.1, -0.05) is 17.7 Å². The highest BCUT2D eigenvalue weighted by Gasteiger charge is 2.22. The normalized spacial score (nSPS) is 11.5. The van der Waals surface area contributed by atoms with Gasteiger partial charge in [0.25, 0.3) is 10.0 Å². The van der Waals surface area contributed by atoms with Gasteiger partial charge in [0.15, 0.2) is 5.03 Å². The minimum Gasteiger partial charge on any atom is -0.326 e. The van der Waals surface area contributed by atoms with E-state index >= 15 is 0 Å². The van der Waals surface area contributed by atoms with Gasteiger partial charge in [-0.3, -0.25) is 9.82 Å². The van der Waals surface area contributed by atoms with Gasteiger partial charge in [0, 0.05) is 12.1 Å². The van der Waals surface area contributed by atoms with Gasteiger partial charge in [-0.2, -0.15) is 13.5 Å². The Hall–Kier alpha value is -1.64. The first-order valence-corrected chi connectivity index (χ1v) is 7.01. The van der Waals surface area contributed by atoms with E-state index in [4.69, 9.17) is 17.3 Å². The molecule has 6 nitrogen and oxygen atoms in total. The number of nitrogens with zero attached hydrogens (tertiary/aromatic N) is 1. The van der Waals surface area contributed by atoms with E-state index in [2.05, 4.69) is 14.9 Å². The lowest BCUT2D eigenvalue weighted by Gasteiger charge is -2.10. The fourth-order valence-electron chi connectivity index (χ4n) is 1.46. The fourth-order valence-corrected chi connectivity index (χ4v) is 2.96. The van der Waals surface area contributed by atoms with E-state index in [0.29, 0.717) is 5.56 Å². The second kappa shape index (κ2) is 5.16. The lowest BCUT2D eigenvalue weighted by atomic mass is 10.3. The number of aromatic amines is 1. The molecule has 19 heavy (non-hydrogen) atoms. The molecule has 0 atom stereocenters. The number of nitrogens with one attached hydrogen (secondary N) is 2. The van der Waals surface area contributed by atoms with Crippen LogP contribution in [-0.2, 0) is 16.6 Å². The number of aromatic nitrogens is 2. The number of H-pyrrole nitrogens is 1. The van der Waals surface area contributed by atoms with Crippen LogP contribution in [0.1, 0.15) is 5.56 Å². The second-order valence-electron chi connectivity index (χ2n) is 3.63. The van der Waals surface area contributed by atoms with Crippen molar-refractivity contribution in [3.63, 3.8) is 0 Å². The molecule has 0 radical (unpaired) electrons. The first-order chi connectivity index (χ1) is 8.95. The van der Waals surface area contributed by atoms with Gasteiger partial charge >= 0.3 is 0 Å². The standard InChI is InChI=1S/C10H10ClFN4O2S/c11-7-2-1-3-8(12)9(7)16-19(17,18)10-6(4-13)5-14-15-10/h1-3,5,16H,4,13H2,(H,14,15). The van der Waals surface area contributed by atoms with Crippen LogP contribution in [0.15, 0.2) is 29.4 Å². The Labute approximate surface area is 113 Å². The van der Waals surface area contributed by atoms with Gasteiger partial charge in [-0.05, 0) is 12.1 Å². The summed E-state index contributed by atoms with van der Waals surface area (Å²) in [5.74, 6) is -0.773. The van der Waals surface area contributed by atoms with E-state index in [1.165, 1.54) is 18.3 Å². The molecule has 4 N–H and O–H groups in total. The van der Waals surface area contributed by atoms with Crippen LogP contribution in [-0.4, -0.2) is 18.6 Å². The summed E-state index contributed by atoms with van der Waals surface area (Å²) >= 11 is 5.75. The van der Waals surface area contributed by atoms with Gasteiger partial charge in [-0.25, -0.2) is 4.39 Å². The summed E-state index contributed by atoms with van der Waals surface area (Å²) in [6.07, 6.45) is 1.29. The van der Waals surface area contributed by atoms with Crippen LogP contribution in [0.4, 0.5) is 10.1 Å². The Morgan fingerprint density at radius 3 is 2.84 bits per heavy atom. The number of nitrogens with two attached hydrogens (primary N) is 1. The molecule has 0 fully saturated rings. The highest BCUT2D eigenvalue weighted by Crippen LogP contribution is 2.27. The summed E-state index contributed by atoms with van der Waals surface area (Å²) in [6.45, 7) is -0.0161. The lowest BCUT2D eigenvalue weighted by Crippen LogP contribution is -2.17. The molecule has 0 spiro atoms. The third-order valence-electron chi connectivity index (χ3n) is 2.37. The zero-order chi connectivity index (χ0) is 14.0. The molecule has 1 aromatic carbocycles. The number of halogens is 2. The summed E-state index contributed by atoms with van der Waals surface area (Å²) < 4.78 is 39.8. The van der Waals surface area contributed by atoms with E-state index in [9.17, 15) is 12.8 Å². The summed E-state index contributed by atoms with van der Waals surface area (Å²) in [6, 6.07) is 3.84. The molecule has 1 aromatic heterocycles. The van der Waals surface area contributed by atoms with Crippen LogP contribution in [0.25, 0.3) is 0 Å². The molecule has 0 unspecified atom stereocenters. The average molecular weight is 305 g/mol. The van der Waals surface area contributed by atoms with Gasteiger partial charge in [-0.15, -0.1) is 0 Å². The van der Waals surface area contributed by atoms with Crippen molar-refractivity contribution < 1.29 is 12.8 Å². The molecule has 1 heterocycles. The fraction of sp³-hybridized carbons (Fsp3) is 0.100. The number of para-hydroxylation sites is 1. The summed E-state index contributed by atoms with van der Waals surface area (Å²) in [5, 5.41) is 5.65. The molecule has 102 valence electrons. The second-order valence-corrected chi connectivity index (χ2v) is 5.66. The monoisotopic (exact) mass is 304 g/mol. The van der Waals surface area contributed by atoms with Crippen molar-refractivity contribution in [3.05, 3.63) is 40.8 Å². The Kier molecular flexibility index (Phi) is 3.74. The Morgan fingerprint density at radius 2 is 2.21 bits per heavy atom. The van der Waals surface area contributed by atoms with Crippen LogP contribution in [0.3, 0.4) is 0 Å². The first kappa shape index (κ1) is 13.8. The quantitative estimate of drug-likeness (QED) is 0.796. The molecule has 0 saturated carbocycles.